The maximum Gasteiger partial charge on any atom is 0.327 e. The SMILES string of the molecule is COc1cc(C(=O)N2CCCN2C(=O)c2cc(C)on2)c([N+](=O)[O-])c(OC)c1OC. The van der Waals surface area contributed by atoms with E-state index < -0.39 is 22.4 Å². The number of hydrogen-bond donors (Lipinski definition) is 0. The molecule has 1 aliphatic rings. The van der Waals surface area contributed by atoms with Gasteiger partial charge in [0.2, 0.25) is 11.5 Å². The molecule has 0 N–H and O–H groups in total. The van der Waals surface area contributed by atoms with Gasteiger partial charge in [-0.25, -0.2) is 10.0 Å². The van der Waals surface area contributed by atoms with E-state index in [2.05, 4.69) is 5.16 Å². The summed E-state index contributed by atoms with van der Waals surface area (Å²) in [6, 6.07) is 2.65. The molecule has 0 saturated carbocycles. The van der Waals surface area contributed by atoms with Crippen LogP contribution in [0.5, 0.6) is 17.2 Å². The standard InChI is InChI=1S/C18H20N4O8/c1-10-8-12(19-30-10)18(24)21-7-5-6-20(21)17(23)11-9-13(27-2)15(28-3)16(29-4)14(11)22(25)26/h8-9H,5-7H2,1-4H3. The third-order valence-electron chi connectivity index (χ3n) is 4.56. The summed E-state index contributed by atoms with van der Waals surface area (Å²) in [7, 11) is 3.85. The first-order valence-corrected chi connectivity index (χ1v) is 8.88. The molecule has 0 radical (unpaired) electrons. The highest BCUT2D eigenvalue weighted by molar-refractivity contribution is 6.02. The monoisotopic (exact) mass is 420 g/mol. The molecule has 1 saturated heterocycles. The van der Waals surface area contributed by atoms with Gasteiger partial charge < -0.3 is 18.7 Å². The molecule has 0 atom stereocenters. The summed E-state index contributed by atoms with van der Waals surface area (Å²) in [5.74, 6) is -1.06. The molecular weight excluding hydrogens is 400 g/mol. The van der Waals surface area contributed by atoms with Crippen molar-refractivity contribution in [2.24, 2.45) is 0 Å². The van der Waals surface area contributed by atoms with Crippen molar-refractivity contribution in [1.82, 2.24) is 15.2 Å². The number of aromatic nitrogens is 1. The lowest BCUT2D eigenvalue weighted by molar-refractivity contribution is -0.386. The van der Waals surface area contributed by atoms with E-state index in [4.69, 9.17) is 18.7 Å². The van der Waals surface area contributed by atoms with Crippen LogP contribution >= 0.6 is 0 Å². The van der Waals surface area contributed by atoms with Gasteiger partial charge in [-0.1, -0.05) is 5.16 Å². The molecule has 0 unspecified atom stereocenters. The highest BCUT2D eigenvalue weighted by atomic mass is 16.6. The molecule has 1 aliphatic heterocycles. The van der Waals surface area contributed by atoms with Gasteiger partial charge in [0.1, 0.15) is 11.3 Å². The Bertz CT molecular complexity index is 1000. The van der Waals surface area contributed by atoms with Gasteiger partial charge in [-0.2, -0.15) is 0 Å². The van der Waals surface area contributed by atoms with Crippen molar-refractivity contribution < 1.29 is 33.2 Å². The smallest absolute Gasteiger partial charge is 0.327 e. The van der Waals surface area contributed by atoms with Gasteiger partial charge in [-0.3, -0.25) is 19.7 Å². The molecule has 160 valence electrons. The zero-order valence-electron chi connectivity index (χ0n) is 16.8. The Morgan fingerprint density at radius 1 is 1.07 bits per heavy atom. The van der Waals surface area contributed by atoms with E-state index >= 15 is 0 Å². The number of nitro benzene ring substituents is 1. The van der Waals surface area contributed by atoms with Gasteiger partial charge in [0, 0.05) is 25.2 Å². The lowest BCUT2D eigenvalue weighted by Gasteiger charge is -2.27. The van der Waals surface area contributed by atoms with E-state index in [-0.39, 0.29) is 41.6 Å². The van der Waals surface area contributed by atoms with Crippen molar-refractivity contribution in [2.45, 2.75) is 13.3 Å². The summed E-state index contributed by atoms with van der Waals surface area (Å²) < 4.78 is 20.5. The van der Waals surface area contributed by atoms with E-state index in [0.717, 1.165) is 5.01 Å². The highest BCUT2D eigenvalue weighted by Gasteiger charge is 2.39. The van der Waals surface area contributed by atoms with Crippen molar-refractivity contribution in [2.75, 3.05) is 34.4 Å². The Kier molecular flexibility index (Phi) is 5.76. The largest absolute Gasteiger partial charge is 0.493 e. The fourth-order valence-corrected chi connectivity index (χ4v) is 3.26. The number of hydrogen-bond acceptors (Lipinski definition) is 9. The predicted octanol–water partition coefficient (Wildman–Crippen LogP) is 1.82. The van der Waals surface area contributed by atoms with E-state index in [1.54, 1.807) is 6.92 Å². The van der Waals surface area contributed by atoms with E-state index in [1.807, 2.05) is 0 Å². The zero-order chi connectivity index (χ0) is 22.0. The molecule has 1 fully saturated rings. The fraction of sp³-hybridized carbons (Fsp3) is 0.389. The van der Waals surface area contributed by atoms with Gasteiger partial charge in [-0.15, -0.1) is 0 Å². The number of nitrogens with zero attached hydrogens (tertiary/aromatic N) is 4. The second kappa shape index (κ2) is 8.27. The topological polar surface area (TPSA) is 137 Å². The molecule has 1 aromatic heterocycles. The molecule has 2 amide bonds. The lowest BCUT2D eigenvalue weighted by atomic mass is 10.1. The van der Waals surface area contributed by atoms with Gasteiger partial charge >= 0.3 is 5.69 Å². The second-order valence-corrected chi connectivity index (χ2v) is 6.33. The number of benzene rings is 1. The molecular formula is C18H20N4O8. The predicted molar refractivity (Wildman–Crippen MR) is 101 cm³/mol. The Balaban J connectivity index is 2.07. The molecule has 2 heterocycles. The number of ether oxygens (including phenoxy) is 3. The van der Waals surface area contributed by atoms with Crippen molar-refractivity contribution in [3.63, 3.8) is 0 Å². The van der Waals surface area contributed by atoms with Crippen LogP contribution in [0.3, 0.4) is 0 Å². The minimum absolute atomic E-state index is 0.0179. The first-order chi connectivity index (χ1) is 14.3. The normalized spacial score (nSPS) is 13.3. The molecule has 0 spiro atoms. The van der Waals surface area contributed by atoms with Crippen molar-refractivity contribution in [3.05, 3.63) is 39.3 Å². The lowest BCUT2D eigenvalue weighted by Crippen LogP contribution is -2.45. The van der Waals surface area contributed by atoms with Crippen LogP contribution in [0.1, 0.15) is 33.0 Å². The van der Waals surface area contributed by atoms with Gasteiger partial charge in [0.05, 0.1) is 26.3 Å². The number of aryl methyl sites for hydroxylation is 1. The van der Waals surface area contributed by atoms with Crippen LogP contribution in [-0.4, -0.2) is 66.3 Å². The number of rotatable bonds is 6. The van der Waals surface area contributed by atoms with Gasteiger partial charge in [-0.05, 0) is 13.3 Å². The molecule has 3 rings (SSSR count). The zero-order valence-corrected chi connectivity index (χ0v) is 16.8. The molecule has 2 aromatic rings. The molecule has 12 nitrogen and oxygen atoms in total. The summed E-state index contributed by atoms with van der Waals surface area (Å²) in [6.07, 6.45) is 0.493. The Hall–Kier alpha value is -3.83. The number of amides is 2. The van der Waals surface area contributed by atoms with Crippen LogP contribution in [0, 0.1) is 17.0 Å². The van der Waals surface area contributed by atoms with E-state index in [1.165, 1.54) is 38.5 Å². The Morgan fingerprint density at radius 3 is 2.20 bits per heavy atom. The van der Waals surface area contributed by atoms with Crippen LogP contribution in [0.15, 0.2) is 16.7 Å². The number of carbonyl (C=O) groups is 2. The third-order valence-corrected chi connectivity index (χ3v) is 4.56. The number of nitro groups is 1. The molecule has 30 heavy (non-hydrogen) atoms. The summed E-state index contributed by atoms with van der Waals surface area (Å²) >= 11 is 0. The number of hydrazine groups is 1. The average molecular weight is 420 g/mol. The fourth-order valence-electron chi connectivity index (χ4n) is 3.26. The second-order valence-electron chi connectivity index (χ2n) is 6.33. The first kappa shape index (κ1) is 20.9. The van der Waals surface area contributed by atoms with Crippen LogP contribution in [0.25, 0.3) is 0 Å². The molecule has 0 aliphatic carbocycles. The maximum absolute atomic E-state index is 13.3. The molecule has 0 bridgehead atoms. The van der Waals surface area contributed by atoms with E-state index in [9.17, 15) is 19.7 Å². The summed E-state index contributed by atoms with van der Waals surface area (Å²) in [5, 5.41) is 17.8. The Labute approximate surface area is 171 Å². The number of methoxy groups -OCH3 is 3. The number of carbonyl (C=O) groups excluding carboxylic acids is 2. The highest BCUT2D eigenvalue weighted by Crippen LogP contribution is 2.46. The van der Waals surface area contributed by atoms with Crippen molar-refractivity contribution in [3.8, 4) is 17.2 Å². The Morgan fingerprint density at radius 2 is 1.70 bits per heavy atom. The molecule has 12 heteroatoms. The van der Waals surface area contributed by atoms with Crippen LogP contribution in [0.4, 0.5) is 5.69 Å². The third kappa shape index (κ3) is 3.47. The molecule has 1 aromatic carbocycles. The minimum atomic E-state index is -0.757. The minimum Gasteiger partial charge on any atom is -0.493 e. The summed E-state index contributed by atoms with van der Waals surface area (Å²) in [5.41, 5.74) is -0.853. The van der Waals surface area contributed by atoms with Crippen molar-refractivity contribution >= 4 is 17.5 Å². The van der Waals surface area contributed by atoms with Gasteiger partial charge in [0.15, 0.2) is 11.4 Å². The average Bonchev–Trinajstić information content (AvgIpc) is 3.39. The maximum atomic E-state index is 13.3. The summed E-state index contributed by atoms with van der Waals surface area (Å²) in [4.78, 5) is 37.1. The van der Waals surface area contributed by atoms with Crippen LogP contribution in [-0.2, 0) is 0 Å². The summed E-state index contributed by atoms with van der Waals surface area (Å²) in [6.45, 7) is 2.07. The quantitative estimate of drug-likeness (QED) is 0.506. The van der Waals surface area contributed by atoms with Gasteiger partial charge in [0.25, 0.3) is 11.8 Å². The first-order valence-electron chi connectivity index (χ1n) is 8.88. The van der Waals surface area contributed by atoms with Crippen LogP contribution < -0.4 is 14.2 Å². The van der Waals surface area contributed by atoms with Crippen LogP contribution in [0.2, 0.25) is 0 Å². The van der Waals surface area contributed by atoms with E-state index in [0.29, 0.717) is 12.2 Å². The van der Waals surface area contributed by atoms with Crippen molar-refractivity contribution in [1.29, 1.82) is 0 Å².